The first-order valence-corrected chi connectivity index (χ1v) is 36.2. The van der Waals surface area contributed by atoms with E-state index in [0.29, 0.717) is 0 Å². The quantitative estimate of drug-likeness (QED) is 0.138. The van der Waals surface area contributed by atoms with Crippen LogP contribution in [0.1, 0.15) is 156 Å². The molecule has 0 aromatic carbocycles. The average Bonchev–Trinajstić information content (AvgIpc) is 1.02. The van der Waals surface area contributed by atoms with Crippen molar-refractivity contribution in [2.24, 2.45) is 0 Å². The summed E-state index contributed by atoms with van der Waals surface area (Å²) in [5.41, 5.74) is 15.5. The number of rotatable bonds is 0. The Morgan fingerprint density at radius 1 is 0.173 bits per heavy atom. The molecule has 104 heavy (non-hydrogen) atoms. The Morgan fingerprint density at radius 2 is 0.538 bits per heavy atom. The molecule has 0 fully saturated rings. The molecule has 0 spiro atoms. The lowest BCUT2D eigenvalue weighted by Crippen LogP contribution is -1.82. The maximum Gasteiger partial charge on any atom is 0.159 e. The van der Waals surface area contributed by atoms with Crippen LogP contribution < -0.4 is 0 Å². The summed E-state index contributed by atoms with van der Waals surface area (Å²) in [4.78, 5) is 66.2. The van der Waals surface area contributed by atoms with Crippen LogP contribution in [0.2, 0.25) is 0 Å². The van der Waals surface area contributed by atoms with Gasteiger partial charge >= 0.3 is 0 Å². The van der Waals surface area contributed by atoms with Gasteiger partial charge in [0.25, 0.3) is 0 Å². The Morgan fingerprint density at radius 3 is 1.15 bits per heavy atom. The van der Waals surface area contributed by atoms with Gasteiger partial charge in [-0.15, -0.1) is 0 Å². The highest BCUT2D eigenvalue weighted by molar-refractivity contribution is 5.83. The zero-order valence-electron chi connectivity index (χ0n) is 66.2. The molecule has 0 aliphatic heterocycles. The molecule has 16 aromatic rings. The second kappa shape index (κ2) is 55.2. The van der Waals surface area contributed by atoms with Crippen LogP contribution in [0.5, 0.6) is 0 Å². The van der Waals surface area contributed by atoms with E-state index in [0.717, 1.165) is 110 Å². The fourth-order valence-electron chi connectivity index (χ4n) is 8.62. The normalized spacial score (nSPS) is 9.15. The molecule has 16 aromatic heterocycles. The Labute approximate surface area is 620 Å². The standard InChI is InChI=1S/8C9H8N2.8C2H6/c1-7-4-9-5-10-3-2-8(9)6-11-7;1-7-4-8-2-3-10-5-9(8)6-11-7;1-7-4-8-6-10-3-2-9(8)11-5-7;1-7-4-8-2-3-10-6-9(8)11-5-7;1-7-5-9-8(6-11-7)3-2-4-10-9;1-7-5-8-3-2-4-10-9(8)6-11-7;1-7-5-9-8(11-6-7)3-2-4-10-9;1-7-5-8-3-2-4-10-9(8)11-6-7;8*1-2/h8*2-6H,1H3;8*1-2H3. The third-order valence-electron chi connectivity index (χ3n) is 13.0. The molecule has 16 nitrogen and oxygen atoms in total. The summed E-state index contributed by atoms with van der Waals surface area (Å²) >= 11 is 0. The van der Waals surface area contributed by atoms with E-state index in [4.69, 9.17) is 0 Å². The number of fused-ring (bicyclic) bond motifs is 8. The molecule has 16 heteroatoms. The SMILES string of the molecule is CC.CC.CC.CC.CC.CC.CC.CC.Cc1cc2cccnc2cn1.Cc1cc2ccncc2cn1.Cc1cc2cnccc2cn1.Cc1cc2ncccc2cn1.Cc1cnc2cccnc2c1.Cc1cnc2ccncc2c1.Cc1cnc2cnccc2c1.Cc1cnc2ncccc2c1. The van der Waals surface area contributed by atoms with E-state index >= 15 is 0 Å². The predicted octanol–water partition coefficient (Wildman–Crippen LogP) is 23.7. The Hall–Kier alpha value is -11.5. The summed E-state index contributed by atoms with van der Waals surface area (Å²) < 4.78 is 0. The second-order valence-corrected chi connectivity index (χ2v) is 20.4. The first kappa shape index (κ1) is 90.5. The predicted molar refractivity (Wildman–Crippen MR) is 445 cm³/mol. The smallest absolute Gasteiger partial charge is 0.159 e. The van der Waals surface area contributed by atoms with E-state index in [1.807, 2.05) is 325 Å². The summed E-state index contributed by atoms with van der Waals surface area (Å²) in [5, 5.41) is 10.2. The third-order valence-corrected chi connectivity index (χ3v) is 13.0. The van der Waals surface area contributed by atoms with E-state index in [1.165, 1.54) is 22.1 Å². The maximum atomic E-state index is 4.24. The van der Waals surface area contributed by atoms with Crippen molar-refractivity contribution in [1.29, 1.82) is 0 Å². The summed E-state index contributed by atoms with van der Waals surface area (Å²) in [6.07, 6.45) is 36.2. The zero-order chi connectivity index (χ0) is 77.5. The van der Waals surface area contributed by atoms with Gasteiger partial charge in [0.1, 0.15) is 0 Å². The molecule has 0 N–H and O–H groups in total. The molecular formula is C88H112N16. The van der Waals surface area contributed by atoms with Crippen LogP contribution in [0.4, 0.5) is 0 Å². The third kappa shape index (κ3) is 32.9. The number of aryl methyl sites for hydroxylation is 8. The minimum Gasteiger partial charge on any atom is -0.264 e. The first-order valence-electron chi connectivity index (χ1n) is 36.2. The van der Waals surface area contributed by atoms with Gasteiger partial charge < -0.3 is 0 Å². The molecule has 0 aliphatic rings. The molecule has 0 radical (unpaired) electrons. The summed E-state index contributed by atoms with van der Waals surface area (Å²) in [7, 11) is 0. The molecule has 16 rings (SSSR count). The summed E-state index contributed by atoms with van der Waals surface area (Å²) in [6, 6.07) is 39.9. The van der Waals surface area contributed by atoms with Crippen molar-refractivity contribution < 1.29 is 0 Å². The van der Waals surface area contributed by atoms with Crippen LogP contribution in [0.3, 0.4) is 0 Å². The van der Waals surface area contributed by atoms with Gasteiger partial charge in [0, 0.05) is 177 Å². The minimum absolute atomic E-state index is 0.818. The lowest BCUT2D eigenvalue weighted by molar-refractivity contribution is 1.21. The lowest BCUT2D eigenvalue weighted by Gasteiger charge is -1.95. The molecule has 0 saturated heterocycles. The molecule has 0 aliphatic carbocycles. The number of hydrogen-bond donors (Lipinski definition) is 0. The summed E-state index contributed by atoms with van der Waals surface area (Å²) in [5.74, 6) is 0. The number of pyridine rings is 16. The largest absolute Gasteiger partial charge is 0.264 e. The average molecular weight is 1390 g/mol. The van der Waals surface area contributed by atoms with Crippen molar-refractivity contribution in [3.8, 4) is 0 Å². The van der Waals surface area contributed by atoms with Crippen molar-refractivity contribution in [3.05, 3.63) is 290 Å². The number of nitrogens with zero attached hydrogens (tertiary/aromatic N) is 16. The lowest BCUT2D eigenvalue weighted by atomic mass is 10.2. The highest BCUT2D eigenvalue weighted by atomic mass is 14.8. The minimum atomic E-state index is 0.818. The van der Waals surface area contributed by atoms with Gasteiger partial charge in [0.15, 0.2) is 5.65 Å². The van der Waals surface area contributed by atoms with Gasteiger partial charge in [-0.3, -0.25) is 69.8 Å². The highest BCUT2D eigenvalue weighted by Gasteiger charge is 1.99. The molecular weight excluding hydrogens is 1280 g/mol. The van der Waals surface area contributed by atoms with E-state index in [2.05, 4.69) is 104 Å². The van der Waals surface area contributed by atoms with Crippen molar-refractivity contribution >= 4 is 87.2 Å². The Bertz CT molecular complexity index is 3990. The van der Waals surface area contributed by atoms with Crippen LogP contribution in [-0.4, -0.2) is 79.7 Å². The Balaban J connectivity index is 0.000000578. The van der Waals surface area contributed by atoms with Gasteiger partial charge in [-0.2, -0.15) is 0 Å². The first-order chi connectivity index (χ1) is 50.9. The van der Waals surface area contributed by atoms with E-state index < -0.39 is 0 Å². The molecule has 0 saturated carbocycles. The van der Waals surface area contributed by atoms with Crippen molar-refractivity contribution in [2.45, 2.75) is 166 Å². The van der Waals surface area contributed by atoms with Crippen molar-refractivity contribution in [1.82, 2.24) is 79.7 Å². The van der Waals surface area contributed by atoms with Crippen LogP contribution in [-0.2, 0) is 0 Å². The van der Waals surface area contributed by atoms with Crippen molar-refractivity contribution in [3.63, 3.8) is 0 Å². The van der Waals surface area contributed by atoms with E-state index in [9.17, 15) is 0 Å². The zero-order valence-corrected chi connectivity index (χ0v) is 66.2. The number of aromatic nitrogens is 16. The molecule has 16 heterocycles. The maximum absolute atomic E-state index is 4.24. The fraction of sp³-hybridized carbons (Fsp3) is 0.273. The van der Waals surface area contributed by atoms with Crippen LogP contribution in [0.25, 0.3) is 87.2 Å². The molecule has 0 unspecified atom stereocenters. The van der Waals surface area contributed by atoms with Crippen LogP contribution in [0, 0.1) is 55.4 Å². The van der Waals surface area contributed by atoms with E-state index in [1.54, 1.807) is 62.0 Å². The molecule has 544 valence electrons. The Kier molecular flexibility index (Phi) is 48.0. The molecule has 0 atom stereocenters. The van der Waals surface area contributed by atoms with Gasteiger partial charge in [0.2, 0.25) is 0 Å². The number of hydrogen-bond acceptors (Lipinski definition) is 16. The van der Waals surface area contributed by atoms with Crippen LogP contribution in [0.15, 0.2) is 245 Å². The van der Waals surface area contributed by atoms with E-state index in [-0.39, 0.29) is 0 Å². The molecule has 0 amide bonds. The second-order valence-electron chi connectivity index (χ2n) is 20.4. The van der Waals surface area contributed by atoms with Gasteiger partial charge in [-0.05, 0) is 198 Å². The highest BCUT2D eigenvalue weighted by Crippen LogP contribution is 2.16. The summed E-state index contributed by atoms with van der Waals surface area (Å²) in [6.45, 7) is 48.0. The topological polar surface area (TPSA) is 206 Å². The van der Waals surface area contributed by atoms with Crippen LogP contribution >= 0.6 is 0 Å². The monoisotopic (exact) mass is 1390 g/mol. The fourth-order valence-corrected chi connectivity index (χ4v) is 8.62. The van der Waals surface area contributed by atoms with Gasteiger partial charge in [-0.25, -0.2) is 9.97 Å². The van der Waals surface area contributed by atoms with Crippen molar-refractivity contribution in [2.75, 3.05) is 0 Å². The molecule has 0 bridgehead atoms. The van der Waals surface area contributed by atoms with Gasteiger partial charge in [-0.1, -0.05) is 117 Å². The van der Waals surface area contributed by atoms with Gasteiger partial charge in [0.05, 0.1) is 45.5 Å².